The summed E-state index contributed by atoms with van der Waals surface area (Å²) in [5.41, 5.74) is 34.1. The van der Waals surface area contributed by atoms with Crippen LogP contribution >= 0.6 is 0 Å². The van der Waals surface area contributed by atoms with E-state index < -0.39 is 24.2 Å². The van der Waals surface area contributed by atoms with Gasteiger partial charge in [-0.15, -0.1) is 0 Å². The molecule has 0 spiro atoms. The Bertz CT molecular complexity index is 10600. The highest BCUT2D eigenvalue weighted by Gasteiger charge is 2.27. The molecule has 0 saturated heterocycles. The van der Waals surface area contributed by atoms with Crippen molar-refractivity contribution >= 4 is 236 Å². The first-order chi connectivity index (χ1) is 71.8. The van der Waals surface area contributed by atoms with E-state index in [0.717, 1.165) is 88.4 Å². The molecule has 0 aliphatic rings. The Balaban J connectivity index is 0.000000107. The van der Waals surface area contributed by atoms with E-state index in [9.17, 15) is 0 Å². The van der Waals surface area contributed by atoms with E-state index in [1.54, 1.807) is 0 Å². The van der Waals surface area contributed by atoms with Crippen LogP contribution < -0.4 is 15.6 Å². The van der Waals surface area contributed by atoms with Gasteiger partial charge < -0.3 is 40.7 Å². The van der Waals surface area contributed by atoms with Crippen molar-refractivity contribution in [2.24, 2.45) is 0 Å². The van der Waals surface area contributed by atoms with Crippen LogP contribution in [0.25, 0.3) is 264 Å². The summed E-state index contributed by atoms with van der Waals surface area (Å²) in [6, 6.07) is 166. The molecule has 9 heterocycles. The van der Waals surface area contributed by atoms with Crippen LogP contribution in [0, 0.1) is 0 Å². The van der Waals surface area contributed by atoms with Gasteiger partial charge in [0.05, 0.1) is 96.1 Å². The highest BCUT2D eigenvalue weighted by molar-refractivity contribution is 6.89. The van der Waals surface area contributed by atoms with Crippen LogP contribution in [0.3, 0.4) is 0 Å². The number of benzene rings is 21. The molecule has 0 N–H and O–H groups in total. The maximum absolute atomic E-state index is 6.51. The number of fused-ring (bicyclic) bond motifs is 27. The molecule has 9 nitrogen and oxygen atoms in total. The molecular weight excluding hydrogens is 1840 g/mol. The Hall–Kier alpha value is -17.5. The fourth-order valence-corrected chi connectivity index (χ4v) is 27.0. The molecule has 9 aromatic heterocycles. The zero-order valence-corrected chi connectivity index (χ0v) is 86.2. The molecule has 0 aliphatic carbocycles. The maximum Gasteiger partial charge on any atom is 0.159 e. The number of para-hydroxylation sites is 10. The first-order valence-electron chi connectivity index (χ1n) is 51.1. The third-order valence-electron chi connectivity index (χ3n) is 30.9. The van der Waals surface area contributed by atoms with Crippen LogP contribution in [0.4, 0.5) is 0 Å². The van der Waals surface area contributed by atoms with Gasteiger partial charge in [0, 0.05) is 131 Å². The van der Waals surface area contributed by atoms with Crippen LogP contribution in [0.2, 0.25) is 58.9 Å². The summed E-state index contributed by atoms with van der Waals surface area (Å²) in [6.07, 6.45) is 0. The molecule has 702 valence electrons. The Kier molecular flexibility index (Phi) is 19.9. The van der Waals surface area contributed by atoms with E-state index in [1.807, 2.05) is 30.3 Å². The monoisotopic (exact) mass is 1940 g/mol. The molecule has 0 fully saturated rings. The highest BCUT2D eigenvalue weighted by Crippen LogP contribution is 2.47. The van der Waals surface area contributed by atoms with Crippen LogP contribution in [-0.4, -0.2) is 51.6 Å². The maximum atomic E-state index is 6.51. The second kappa shape index (κ2) is 33.5. The number of furan rings is 3. The fourth-order valence-electron chi connectivity index (χ4n) is 23.5. The Morgan fingerprint density at radius 3 is 0.714 bits per heavy atom. The second-order valence-corrected chi connectivity index (χ2v) is 57.9. The van der Waals surface area contributed by atoms with Gasteiger partial charge in [0.25, 0.3) is 0 Å². The summed E-state index contributed by atoms with van der Waals surface area (Å²) in [5, 5.41) is 26.3. The van der Waals surface area contributed by atoms with Gasteiger partial charge >= 0.3 is 0 Å². The summed E-state index contributed by atoms with van der Waals surface area (Å²) in [4.78, 5) is 0. The summed E-state index contributed by atoms with van der Waals surface area (Å²) in [6.45, 7) is 21.6. The molecular formula is C135H102N6O3Si3. The van der Waals surface area contributed by atoms with Gasteiger partial charge in [0.2, 0.25) is 0 Å². The quantitative estimate of drug-likeness (QED) is 0.114. The largest absolute Gasteiger partial charge is 0.456 e. The first-order valence-corrected chi connectivity index (χ1v) is 61.6. The predicted octanol–water partition coefficient (Wildman–Crippen LogP) is 36.0. The summed E-state index contributed by atoms with van der Waals surface area (Å²) >= 11 is 0. The van der Waals surface area contributed by atoms with Crippen molar-refractivity contribution < 1.29 is 13.3 Å². The van der Waals surface area contributed by atoms with Crippen LogP contribution in [0.15, 0.2) is 468 Å². The molecule has 0 amide bonds. The molecule has 21 aromatic carbocycles. The van der Waals surface area contributed by atoms with Gasteiger partial charge in [-0.1, -0.05) is 323 Å². The van der Waals surface area contributed by atoms with Crippen LogP contribution in [0.1, 0.15) is 0 Å². The standard InChI is InChI=1S/3C45H34N2OSi/c1-49(2,3)32-23-21-31(22-24-32)46-39-15-7-4-11-33(39)37-27-29(19-25-41(37)46)30-20-26-42-38(28-30)34-12-5-8-16-40(34)47(42)43-17-10-14-36-35-13-6-9-18-44(35)48-45(36)43;1-49(2,3)33-21-18-31(19-22-33)46-40-13-7-4-10-34(40)38-26-29(16-24-42(38)46)30-17-25-43-39(27-30)35-11-5-8-14-41(35)47(43)32-20-23-37-36-12-6-9-15-44(36)48-45(37)28-32;1-49(2,3)33-21-18-31(19-22-33)46-40-13-7-4-10-34(40)37-26-29(16-23-42(37)46)30-17-24-43-38(27-30)35-11-5-8-14-41(35)47(43)32-20-25-45-39(28-32)36-12-6-9-15-44(36)48-45/h3*4-28H,1-3H3. The van der Waals surface area contributed by atoms with Crippen molar-refractivity contribution in [1.29, 1.82) is 0 Å². The third kappa shape index (κ3) is 14.3. The van der Waals surface area contributed by atoms with Gasteiger partial charge in [-0.2, -0.15) is 0 Å². The third-order valence-corrected chi connectivity index (χ3v) is 37.1. The van der Waals surface area contributed by atoms with Gasteiger partial charge in [-0.25, -0.2) is 0 Å². The van der Waals surface area contributed by atoms with Crippen LogP contribution in [-0.2, 0) is 0 Å². The Morgan fingerprint density at radius 2 is 0.374 bits per heavy atom. The average molecular weight is 1940 g/mol. The van der Waals surface area contributed by atoms with Crippen molar-refractivity contribution in [3.05, 3.63) is 455 Å². The smallest absolute Gasteiger partial charge is 0.159 e. The van der Waals surface area contributed by atoms with Crippen molar-refractivity contribution in [1.82, 2.24) is 27.4 Å². The molecule has 0 saturated carbocycles. The molecule has 0 aliphatic heterocycles. The van der Waals surface area contributed by atoms with Crippen molar-refractivity contribution in [2.75, 3.05) is 0 Å². The Morgan fingerprint density at radius 1 is 0.143 bits per heavy atom. The van der Waals surface area contributed by atoms with E-state index in [2.05, 4.69) is 511 Å². The SMILES string of the molecule is C[Si](C)(C)c1ccc(-n2c3ccccc3c3cc(-c4ccc5c(c4)c4ccccc4n5-c4ccc5c(c4)oc4ccccc45)ccc32)cc1.C[Si](C)(C)c1ccc(-n2c3ccccc3c3cc(-c4ccc5c(c4)c4ccccc4n5-c4ccc5oc6ccccc6c5c4)ccc32)cc1.C[Si](C)(C)c1ccc(-n2c3ccccc3c3cc(-c4ccc5c(c4)c4ccccc4n5-c4cccc5c4oc4ccccc45)ccc32)cc1. The molecule has 0 radical (unpaired) electrons. The topological polar surface area (TPSA) is 69.0 Å². The minimum Gasteiger partial charge on any atom is -0.456 e. The lowest BCUT2D eigenvalue weighted by molar-refractivity contribution is 0.666. The molecule has 12 heteroatoms. The second-order valence-electron chi connectivity index (χ2n) is 42.7. The molecule has 0 atom stereocenters. The number of rotatable bonds is 12. The van der Waals surface area contributed by atoms with Gasteiger partial charge in [0.1, 0.15) is 27.9 Å². The van der Waals surface area contributed by atoms with Crippen molar-refractivity contribution in [2.45, 2.75) is 58.9 Å². The lowest BCUT2D eigenvalue weighted by Crippen LogP contribution is -2.37. The van der Waals surface area contributed by atoms with Crippen molar-refractivity contribution in [3.8, 4) is 67.5 Å². The summed E-state index contributed by atoms with van der Waals surface area (Å²) in [7, 11) is -4.15. The number of nitrogens with zero attached hydrogens (tertiary/aromatic N) is 6. The van der Waals surface area contributed by atoms with E-state index in [-0.39, 0.29) is 0 Å². The zero-order chi connectivity index (χ0) is 98.6. The molecule has 147 heavy (non-hydrogen) atoms. The minimum atomic E-state index is -1.38. The van der Waals surface area contributed by atoms with Crippen LogP contribution in [0.5, 0.6) is 0 Å². The molecule has 30 rings (SSSR count). The van der Waals surface area contributed by atoms with Crippen molar-refractivity contribution in [3.63, 3.8) is 0 Å². The first kappa shape index (κ1) is 87.3. The van der Waals surface area contributed by atoms with Gasteiger partial charge in [-0.3, -0.25) is 0 Å². The number of aromatic nitrogens is 6. The minimum absolute atomic E-state index is 0.903. The lowest BCUT2D eigenvalue weighted by Gasteiger charge is -2.17. The van der Waals surface area contributed by atoms with Gasteiger partial charge in [-0.05, 0) is 234 Å². The highest BCUT2D eigenvalue weighted by atomic mass is 28.3. The normalized spacial score (nSPS) is 12.4. The van der Waals surface area contributed by atoms with E-state index >= 15 is 0 Å². The number of hydrogen-bond donors (Lipinski definition) is 0. The zero-order valence-electron chi connectivity index (χ0n) is 83.2. The Labute approximate surface area is 852 Å². The summed E-state index contributed by atoms with van der Waals surface area (Å²) in [5.74, 6) is 0. The predicted molar refractivity (Wildman–Crippen MR) is 632 cm³/mol. The number of hydrogen-bond acceptors (Lipinski definition) is 3. The average Bonchev–Trinajstić information content (AvgIpc) is 1.55. The van der Waals surface area contributed by atoms with E-state index in [4.69, 9.17) is 13.3 Å². The van der Waals surface area contributed by atoms with E-state index in [0.29, 0.717) is 0 Å². The lowest BCUT2D eigenvalue weighted by atomic mass is 10.0. The molecule has 0 unspecified atom stereocenters. The summed E-state index contributed by atoms with van der Waals surface area (Å²) < 4.78 is 33.3. The van der Waals surface area contributed by atoms with Gasteiger partial charge in [0.15, 0.2) is 5.58 Å². The molecule has 30 aromatic rings. The molecule has 0 bridgehead atoms. The van der Waals surface area contributed by atoms with E-state index in [1.165, 1.54) is 191 Å². The fraction of sp³-hybridized carbons (Fsp3) is 0.0667.